The molecule has 1 rings (SSSR count). The third-order valence-electron chi connectivity index (χ3n) is 4.11. The van der Waals surface area contributed by atoms with Gasteiger partial charge in [0.15, 0.2) is 0 Å². The molecule has 0 aromatic carbocycles. The number of amides is 1. The largest absolute Gasteiger partial charge is 0.351 e. The van der Waals surface area contributed by atoms with Crippen molar-refractivity contribution < 1.29 is 4.79 Å². The third kappa shape index (κ3) is 6.42. The average Bonchev–Trinajstić information content (AvgIpc) is 2.26. The van der Waals surface area contributed by atoms with Gasteiger partial charge in [-0.3, -0.25) is 4.79 Å². The topological polar surface area (TPSA) is 41.1 Å². The zero-order valence-electron chi connectivity index (χ0n) is 13.4. The molecule has 1 fully saturated rings. The second-order valence-electron chi connectivity index (χ2n) is 7.25. The van der Waals surface area contributed by atoms with Gasteiger partial charge in [0.2, 0.25) is 5.91 Å². The molecule has 0 aliphatic carbocycles. The van der Waals surface area contributed by atoms with E-state index in [0.717, 1.165) is 37.3 Å². The minimum atomic E-state index is -0.0870. The highest BCUT2D eigenvalue weighted by Crippen LogP contribution is 2.33. The van der Waals surface area contributed by atoms with Crippen LogP contribution in [0.15, 0.2) is 0 Å². The van der Waals surface area contributed by atoms with Gasteiger partial charge in [-0.2, -0.15) is 0 Å². The van der Waals surface area contributed by atoms with Gasteiger partial charge < -0.3 is 10.6 Å². The van der Waals surface area contributed by atoms with Crippen molar-refractivity contribution in [1.82, 2.24) is 10.6 Å². The van der Waals surface area contributed by atoms with Crippen LogP contribution in [0.25, 0.3) is 0 Å². The van der Waals surface area contributed by atoms with Crippen LogP contribution in [0.2, 0.25) is 0 Å². The Morgan fingerprint density at radius 1 is 1.32 bits per heavy atom. The van der Waals surface area contributed by atoms with Crippen LogP contribution in [0, 0.1) is 17.8 Å². The zero-order chi connectivity index (χ0) is 14.5. The number of carbonyl (C=O) groups is 1. The quantitative estimate of drug-likeness (QED) is 0.777. The molecule has 1 heterocycles. The molecular formula is C16H32N2O. The first kappa shape index (κ1) is 16.5. The van der Waals surface area contributed by atoms with Crippen LogP contribution in [0.3, 0.4) is 0 Å². The molecule has 0 unspecified atom stereocenters. The van der Waals surface area contributed by atoms with Crippen molar-refractivity contribution in [2.24, 2.45) is 17.8 Å². The van der Waals surface area contributed by atoms with E-state index in [1.165, 1.54) is 19.3 Å². The molecule has 3 nitrogen and oxygen atoms in total. The number of nitrogens with one attached hydrogen (secondary N) is 2. The number of piperidine rings is 1. The first-order valence-electron chi connectivity index (χ1n) is 7.79. The van der Waals surface area contributed by atoms with E-state index in [-0.39, 0.29) is 11.4 Å². The highest BCUT2D eigenvalue weighted by atomic mass is 16.1. The van der Waals surface area contributed by atoms with Crippen LogP contribution in [-0.2, 0) is 4.79 Å². The van der Waals surface area contributed by atoms with E-state index < -0.39 is 0 Å². The number of carbonyl (C=O) groups excluding carboxylic acids is 1. The van der Waals surface area contributed by atoms with Gasteiger partial charge in [-0.25, -0.2) is 0 Å². The van der Waals surface area contributed by atoms with Crippen LogP contribution in [0.4, 0.5) is 0 Å². The van der Waals surface area contributed by atoms with E-state index in [2.05, 4.69) is 38.3 Å². The standard InChI is InChI=1S/C16H32N2O/c1-12(2)10-15(14-6-8-17-9-7-14)11-16(4,5)18-13(3)19/h12,14-15,17H,6-11H2,1-5H3,(H,18,19)/t15-/m0/s1. The van der Waals surface area contributed by atoms with Crippen LogP contribution in [0.5, 0.6) is 0 Å². The lowest BCUT2D eigenvalue weighted by Gasteiger charge is -2.37. The number of hydrogen-bond acceptors (Lipinski definition) is 2. The molecule has 19 heavy (non-hydrogen) atoms. The van der Waals surface area contributed by atoms with Gasteiger partial charge >= 0.3 is 0 Å². The summed E-state index contributed by atoms with van der Waals surface area (Å²) in [7, 11) is 0. The van der Waals surface area contributed by atoms with Gasteiger partial charge in [-0.15, -0.1) is 0 Å². The smallest absolute Gasteiger partial charge is 0.217 e. The first-order valence-corrected chi connectivity index (χ1v) is 7.79. The monoisotopic (exact) mass is 268 g/mol. The van der Waals surface area contributed by atoms with Gasteiger partial charge in [-0.1, -0.05) is 13.8 Å². The van der Waals surface area contributed by atoms with E-state index in [1.54, 1.807) is 6.92 Å². The van der Waals surface area contributed by atoms with Crippen LogP contribution in [-0.4, -0.2) is 24.5 Å². The van der Waals surface area contributed by atoms with Crippen LogP contribution >= 0.6 is 0 Å². The summed E-state index contributed by atoms with van der Waals surface area (Å²) < 4.78 is 0. The fourth-order valence-corrected chi connectivity index (χ4v) is 3.55. The molecule has 112 valence electrons. The fraction of sp³-hybridized carbons (Fsp3) is 0.938. The molecule has 0 radical (unpaired) electrons. The van der Waals surface area contributed by atoms with Gasteiger partial charge in [0.25, 0.3) is 0 Å². The molecule has 0 aromatic heterocycles. The Morgan fingerprint density at radius 2 is 1.89 bits per heavy atom. The van der Waals surface area contributed by atoms with Gasteiger partial charge in [0.05, 0.1) is 0 Å². The van der Waals surface area contributed by atoms with E-state index in [9.17, 15) is 4.79 Å². The molecule has 1 saturated heterocycles. The maximum absolute atomic E-state index is 11.3. The number of hydrogen-bond donors (Lipinski definition) is 2. The first-order chi connectivity index (χ1) is 8.80. The lowest BCUT2D eigenvalue weighted by atomic mass is 9.74. The van der Waals surface area contributed by atoms with Crippen LogP contribution in [0.1, 0.15) is 60.3 Å². The molecule has 1 amide bonds. The molecule has 1 aliphatic rings. The van der Waals surface area contributed by atoms with E-state index in [4.69, 9.17) is 0 Å². The van der Waals surface area contributed by atoms with Crippen molar-refractivity contribution in [1.29, 1.82) is 0 Å². The van der Waals surface area contributed by atoms with Crippen molar-refractivity contribution in [2.75, 3.05) is 13.1 Å². The molecule has 0 aromatic rings. The summed E-state index contributed by atoms with van der Waals surface area (Å²) in [5.41, 5.74) is -0.0870. The Kier molecular flexibility index (Phi) is 6.31. The molecule has 1 atom stereocenters. The second kappa shape index (κ2) is 7.28. The lowest BCUT2D eigenvalue weighted by molar-refractivity contribution is -0.120. The minimum absolute atomic E-state index is 0.0820. The predicted molar refractivity (Wildman–Crippen MR) is 81.1 cm³/mol. The Bertz CT molecular complexity index is 280. The average molecular weight is 268 g/mol. The zero-order valence-corrected chi connectivity index (χ0v) is 13.4. The highest BCUT2D eigenvalue weighted by Gasteiger charge is 2.30. The Morgan fingerprint density at radius 3 is 2.37 bits per heavy atom. The van der Waals surface area contributed by atoms with E-state index in [0.29, 0.717) is 0 Å². The maximum atomic E-state index is 11.3. The summed E-state index contributed by atoms with van der Waals surface area (Å²) >= 11 is 0. The molecule has 2 N–H and O–H groups in total. The highest BCUT2D eigenvalue weighted by molar-refractivity contribution is 5.73. The third-order valence-corrected chi connectivity index (χ3v) is 4.11. The summed E-state index contributed by atoms with van der Waals surface area (Å²) in [4.78, 5) is 11.3. The summed E-state index contributed by atoms with van der Waals surface area (Å²) in [5.74, 6) is 2.35. The van der Waals surface area contributed by atoms with Crippen molar-refractivity contribution in [3.05, 3.63) is 0 Å². The maximum Gasteiger partial charge on any atom is 0.217 e. The molecule has 0 spiro atoms. The summed E-state index contributed by atoms with van der Waals surface area (Å²) in [5, 5.41) is 6.56. The molecular weight excluding hydrogens is 236 g/mol. The minimum Gasteiger partial charge on any atom is -0.351 e. The van der Waals surface area contributed by atoms with Crippen molar-refractivity contribution in [2.45, 2.75) is 65.8 Å². The summed E-state index contributed by atoms with van der Waals surface area (Å²) in [6.45, 7) is 12.8. The van der Waals surface area contributed by atoms with E-state index >= 15 is 0 Å². The molecule has 3 heteroatoms. The van der Waals surface area contributed by atoms with Gasteiger partial charge in [0, 0.05) is 12.5 Å². The van der Waals surface area contributed by atoms with Crippen molar-refractivity contribution >= 4 is 5.91 Å². The second-order valence-corrected chi connectivity index (χ2v) is 7.25. The van der Waals surface area contributed by atoms with E-state index in [1.807, 2.05) is 0 Å². The predicted octanol–water partition coefficient (Wildman–Crippen LogP) is 2.95. The van der Waals surface area contributed by atoms with Crippen molar-refractivity contribution in [3.63, 3.8) is 0 Å². The van der Waals surface area contributed by atoms with Gasteiger partial charge in [-0.05, 0) is 70.4 Å². The Balaban J connectivity index is 2.64. The Labute approximate surface area is 118 Å². The SMILES string of the molecule is CC(=O)NC(C)(C)C[C@H](CC(C)C)C1CCNCC1. The van der Waals surface area contributed by atoms with Gasteiger partial charge in [0.1, 0.15) is 0 Å². The lowest BCUT2D eigenvalue weighted by Crippen LogP contribution is -2.45. The number of rotatable bonds is 6. The van der Waals surface area contributed by atoms with Crippen molar-refractivity contribution in [3.8, 4) is 0 Å². The van der Waals surface area contributed by atoms with Crippen LogP contribution < -0.4 is 10.6 Å². The normalized spacial score (nSPS) is 19.5. The molecule has 0 saturated carbocycles. The summed E-state index contributed by atoms with van der Waals surface area (Å²) in [6, 6.07) is 0. The molecule has 0 bridgehead atoms. The summed E-state index contributed by atoms with van der Waals surface area (Å²) in [6.07, 6.45) is 4.93. The fourth-order valence-electron chi connectivity index (χ4n) is 3.55. The Hall–Kier alpha value is -0.570. The molecule has 1 aliphatic heterocycles.